The van der Waals surface area contributed by atoms with Crippen LogP contribution in [0.4, 0.5) is 0 Å². The van der Waals surface area contributed by atoms with Crippen molar-refractivity contribution >= 4 is 40.2 Å². The topological polar surface area (TPSA) is 131 Å². The summed E-state index contributed by atoms with van der Waals surface area (Å²) in [6.45, 7) is 3.48. The van der Waals surface area contributed by atoms with Crippen molar-refractivity contribution in [2.24, 2.45) is 0 Å². The number of unbranched alkanes of at least 4 members (excludes halogenated alkanes) is 9. The van der Waals surface area contributed by atoms with E-state index in [1.807, 2.05) is 0 Å². The van der Waals surface area contributed by atoms with Crippen molar-refractivity contribution in [3.63, 3.8) is 0 Å². The van der Waals surface area contributed by atoms with Gasteiger partial charge < -0.3 is 9.94 Å². The van der Waals surface area contributed by atoms with Gasteiger partial charge in [0.05, 0.1) is 5.10 Å². The maximum atomic E-state index is 12.8. The zero-order valence-electron chi connectivity index (χ0n) is 25.7. The van der Waals surface area contributed by atoms with Crippen LogP contribution in [0.5, 0.6) is 0 Å². The first kappa shape index (κ1) is 33.5. The van der Waals surface area contributed by atoms with Crippen LogP contribution in [0.3, 0.4) is 0 Å². The standard InChI is InChI=1S/C24H32O4.C10H6ClN5O/c1-3-4-5-6-7-8-9-10-11-12-17-21-22(26)19-15-13-14-16-20(19)23(27)24(21)28-18(2)25;11-7-1-2-8-9(5-7)16(17)14-10(13-8)15-4-3-12-6-15/h13-16H,3-12,17H2,1-2H3;1-6H. The molecule has 0 fully saturated rings. The van der Waals surface area contributed by atoms with Crippen LogP contribution >= 0.6 is 11.6 Å². The molecule has 0 atom stereocenters. The number of hydrogen-bond acceptors (Lipinski definition) is 8. The highest BCUT2D eigenvalue weighted by atomic mass is 35.5. The number of fused-ring (bicyclic) bond motifs is 2. The lowest BCUT2D eigenvalue weighted by molar-refractivity contribution is -0.642. The van der Waals surface area contributed by atoms with E-state index in [9.17, 15) is 19.6 Å². The molecule has 0 bridgehead atoms. The predicted octanol–water partition coefficient (Wildman–Crippen LogP) is 7.30. The van der Waals surface area contributed by atoms with Crippen molar-refractivity contribution < 1.29 is 24.0 Å². The molecule has 2 heterocycles. The molecule has 0 aliphatic heterocycles. The van der Waals surface area contributed by atoms with E-state index >= 15 is 0 Å². The van der Waals surface area contributed by atoms with E-state index in [1.54, 1.807) is 53.4 Å². The molecule has 2 aromatic heterocycles. The predicted molar refractivity (Wildman–Crippen MR) is 171 cm³/mol. The van der Waals surface area contributed by atoms with Gasteiger partial charge in [-0.1, -0.05) is 101 Å². The summed E-state index contributed by atoms with van der Waals surface area (Å²) in [7, 11) is 0. The molecule has 0 unspecified atom stereocenters. The number of halogens is 1. The number of hydrogen-bond donors (Lipinski definition) is 0. The average Bonchev–Trinajstić information content (AvgIpc) is 3.58. The van der Waals surface area contributed by atoms with Crippen molar-refractivity contribution in [1.82, 2.24) is 19.6 Å². The lowest BCUT2D eigenvalue weighted by Crippen LogP contribution is -2.34. The smallest absolute Gasteiger partial charge is 0.308 e. The van der Waals surface area contributed by atoms with E-state index in [0.29, 0.717) is 44.0 Å². The van der Waals surface area contributed by atoms with Crippen molar-refractivity contribution in [2.45, 2.75) is 84.5 Å². The molecule has 5 rings (SSSR count). The summed E-state index contributed by atoms with van der Waals surface area (Å²) in [6, 6.07) is 11.6. The van der Waals surface area contributed by atoms with Crippen LogP contribution in [0.1, 0.15) is 105 Å². The highest BCUT2D eigenvalue weighted by molar-refractivity contribution is 6.31. The normalized spacial score (nSPS) is 12.6. The second-order valence-corrected chi connectivity index (χ2v) is 11.4. The maximum Gasteiger partial charge on any atom is 0.308 e. The van der Waals surface area contributed by atoms with Crippen LogP contribution < -0.4 is 4.85 Å². The summed E-state index contributed by atoms with van der Waals surface area (Å²) in [6.07, 6.45) is 17.2. The first-order valence-electron chi connectivity index (χ1n) is 15.5. The van der Waals surface area contributed by atoms with E-state index < -0.39 is 5.97 Å². The summed E-state index contributed by atoms with van der Waals surface area (Å²) in [5.41, 5.74) is 1.93. The van der Waals surface area contributed by atoms with Gasteiger partial charge >= 0.3 is 11.9 Å². The fraction of sp³-hybridized carbons (Fsp3) is 0.382. The molecule has 0 spiro atoms. The Hall–Kier alpha value is -4.44. The van der Waals surface area contributed by atoms with Crippen LogP contribution in [0.25, 0.3) is 17.0 Å². The Labute approximate surface area is 267 Å². The number of esters is 1. The van der Waals surface area contributed by atoms with Gasteiger partial charge in [0.25, 0.3) is 5.52 Å². The number of Topliss-reactive ketones (excluding diaryl/α,β-unsaturated/α-hetero) is 2. The second kappa shape index (κ2) is 16.6. The zero-order chi connectivity index (χ0) is 32.2. The Balaban J connectivity index is 0.000000229. The van der Waals surface area contributed by atoms with Crippen LogP contribution in [0, 0.1) is 5.21 Å². The number of ether oxygens (including phenoxy) is 1. The maximum absolute atomic E-state index is 12.8. The van der Waals surface area contributed by atoms with Gasteiger partial charge in [0.1, 0.15) is 11.8 Å². The number of rotatable bonds is 13. The Bertz CT molecular complexity index is 1670. The van der Waals surface area contributed by atoms with Crippen molar-refractivity contribution in [3.05, 3.63) is 93.9 Å². The third kappa shape index (κ3) is 9.04. The molecule has 11 heteroatoms. The Kier molecular flexibility index (Phi) is 12.3. The molecule has 45 heavy (non-hydrogen) atoms. The van der Waals surface area contributed by atoms with Crippen molar-refractivity contribution in [2.75, 3.05) is 0 Å². The van der Waals surface area contributed by atoms with Crippen LogP contribution in [-0.4, -0.2) is 37.2 Å². The Morgan fingerprint density at radius 2 is 1.58 bits per heavy atom. The number of benzene rings is 2. The number of carbonyl (C=O) groups is 3. The molecule has 1 aliphatic rings. The van der Waals surface area contributed by atoms with E-state index in [1.165, 1.54) is 64.3 Å². The van der Waals surface area contributed by atoms with Gasteiger partial charge in [-0.25, -0.2) is 9.97 Å². The largest absolute Gasteiger partial charge is 0.594 e. The number of imidazole rings is 1. The summed E-state index contributed by atoms with van der Waals surface area (Å²) < 4.78 is 6.71. The first-order valence-corrected chi connectivity index (χ1v) is 15.8. The van der Waals surface area contributed by atoms with Crippen molar-refractivity contribution in [1.29, 1.82) is 0 Å². The molecule has 0 N–H and O–H groups in total. The van der Waals surface area contributed by atoms with Crippen LogP contribution in [-0.2, 0) is 9.53 Å². The van der Waals surface area contributed by atoms with E-state index in [0.717, 1.165) is 19.3 Å². The molecule has 0 amide bonds. The highest BCUT2D eigenvalue weighted by Gasteiger charge is 2.33. The molecular formula is C34H38ClN5O5. The molecule has 4 aromatic rings. The minimum Gasteiger partial charge on any atom is -0.594 e. The van der Waals surface area contributed by atoms with Crippen LogP contribution in [0.15, 0.2) is 72.5 Å². The van der Waals surface area contributed by atoms with Gasteiger partial charge in [-0.15, -0.1) is 0 Å². The molecule has 236 valence electrons. The van der Waals surface area contributed by atoms with Gasteiger partial charge in [-0.2, -0.15) is 0 Å². The summed E-state index contributed by atoms with van der Waals surface area (Å²) in [5.74, 6) is -0.939. The Morgan fingerprint density at radius 1 is 0.933 bits per heavy atom. The molecule has 0 saturated heterocycles. The summed E-state index contributed by atoms with van der Waals surface area (Å²) >= 11 is 5.81. The van der Waals surface area contributed by atoms with Gasteiger partial charge in [-0.3, -0.25) is 19.0 Å². The lowest BCUT2D eigenvalue weighted by Gasteiger charge is -2.20. The minimum atomic E-state index is -0.573. The number of allylic oxidation sites excluding steroid dienone is 2. The van der Waals surface area contributed by atoms with E-state index in [4.69, 9.17) is 16.3 Å². The lowest BCUT2D eigenvalue weighted by atomic mass is 9.86. The monoisotopic (exact) mass is 631 g/mol. The first-order chi connectivity index (χ1) is 21.8. The molecule has 1 aliphatic carbocycles. The zero-order valence-corrected chi connectivity index (χ0v) is 26.5. The van der Waals surface area contributed by atoms with E-state index in [2.05, 4.69) is 22.0 Å². The van der Waals surface area contributed by atoms with Crippen LogP contribution in [0.2, 0.25) is 5.02 Å². The number of ketones is 2. The van der Waals surface area contributed by atoms with Gasteiger partial charge in [0, 0.05) is 47.1 Å². The molecule has 0 radical (unpaired) electrons. The highest BCUT2D eigenvalue weighted by Crippen LogP contribution is 2.30. The third-order valence-corrected chi connectivity index (χ3v) is 7.71. The van der Waals surface area contributed by atoms with E-state index in [-0.39, 0.29) is 23.3 Å². The number of nitrogens with zero attached hydrogens (tertiary/aromatic N) is 5. The molecule has 0 saturated carbocycles. The quantitative estimate of drug-likeness (QED) is 0.0650. The number of carbonyl (C=O) groups excluding carboxylic acids is 3. The fourth-order valence-corrected chi connectivity index (χ4v) is 5.33. The summed E-state index contributed by atoms with van der Waals surface area (Å²) in [5, 5.41) is 16.0. The fourth-order valence-electron chi connectivity index (χ4n) is 5.17. The molecule has 2 aromatic carbocycles. The van der Waals surface area contributed by atoms with Crippen molar-refractivity contribution in [3.8, 4) is 5.95 Å². The minimum absolute atomic E-state index is 0.0767. The van der Waals surface area contributed by atoms with Gasteiger partial charge in [-0.05, 0) is 29.8 Å². The van der Waals surface area contributed by atoms with Gasteiger partial charge in [0.2, 0.25) is 5.78 Å². The third-order valence-electron chi connectivity index (χ3n) is 7.48. The molecular weight excluding hydrogens is 594 g/mol. The molecule has 10 nitrogen and oxygen atoms in total. The average molecular weight is 632 g/mol. The Morgan fingerprint density at radius 3 is 2.20 bits per heavy atom. The number of aromatic nitrogens is 5. The summed E-state index contributed by atoms with van der Waals surface area (Å²) in [4.78, 5) is 45.6. The SMILES string of the molecule is CCCCCCCCCCCCC1=C(OC(C)=O)C(=O)c2ccccc2C1=O.[O-][n+]1nc(-n2ccnc2)nc2ccc(Cl)cc21. The van der Waals surface area contributed by atoms with Gasteiger partial charge in [0.15, 0.2) is 11.5 Å². The second-order valence-electron chi connectivity index (χ2n) is 10.9.